The van der Waals surface area contributed by atoms with Crippen LogP contribution in [0.5, 0.6) is 5.75 Å². The zero-order valence-electron chi connectivity index (χ0n) is 11.8. The molecule has 1 saturated heterocycles. The molecule has 1 spiro atoms. The lowest BCUT2D eigenvalue weighted by Crippen LogP contribution is -2.27. The third kappa shape index (κ3) is 3.02. The molecule has 1 aromatic rings. The zero-order chi connectivity index (χ0) is 14.9. The van der Waals surface area contributed by atoms with Gasteiger partial charge in [0.2, 0.25) is 0 Å². The Kier molecular flexibility index (Phi) is 3.85. The van der Waals surface area contributed by atoms with E-state index in [2.05, 4.69) is 0 Å². The summed E-state index contributed by atoms with van der Waals surface area (Å²) in [4.78, 5) is 11.1. The van der Waals surface area contributed by atoms with Crippen LogP contribution in [0.15, 0.2) is 18.2 Å². The van der Waals surface area contributed by atoms with Gasteiger partial charge in [-0.15, -0.1) is 0 Å². The molecule has 5 heteroatoms. The fraction of sp³-hybridized carbons (Fsp3) is 0.562. The first-order chi connectivity index (χ1) is 10.1. The minimum absolute atomic E-state index is 0.00482. The van der Waals surface area contributed by atoms with Crippen LogP contribution in [-0.4, -0.2) is 29.4 Å². The second-order valence-corrected chi connectivity index (χ2v) is 5.93. The van der Waals surface area contributed by atoms with Crippen molar-refractivity contribution in [2.45, 2.75) is 50.2 Å². The van der Waals surface area contributed by atoms with Crippen LogP contribution in [0.1, 0.15) is 48.9 Å². The van der Waals surface area contributed by atoms with Gasteiger partial charge in [-0.05, 0) is 43.9 Å². The van der Waals surface area contributed by atoms with Crippen LogP contribution in [0, 0.1) is 5.82 Å². The van der Waals surface area contributed by atoms with Crippen molar-refractivity contribution in [3.8, 4) is 5.75 Å². The summed E-state index contributed by atoms with van der Waals surface area (Å²) in [7, 11) is 0. The molecular formula is C16H19FO4. The molecule has 1 aliphatic heterocycles. The van der Waals surface area contributed by atoms with Gasteiger partial charge in [0.1, 0.15) is 23.7 Å². The molecule has 3 rings (SSSR count). The van der Waals surface area contributed by atoms with Crippen LogP contribution >= 0.6 is 0 Å². The molecule has 4 nitrogen and oxygen atoms in total. The summed E-state index contributed by atoms with van der Waals surface area (Å²) >= 11 is 0. The molecule has 0 aromatic heterocycles. The number of aromatic carboxylic acids is 1. The van der Waals surface area contributed by atoms with Gasteiger partial charge in [0.15, 0.2) is 0 Å². The lowest BCUT2D eigenvalue weighted by molar-refractivity contribution is -0.0510. The average molecular weight is 294 g/mol. The van der Waals surface area contributed by atoms with Crippen molar-refractivity contribution < 1.29 is 23.8 Å². The Balaban J connectivity index is 1.62. The third-order valence-corrected chi connectivity index (χ3v) is 4.45. The number of carbonyl (C=O) groups is 1. The molecule has 0 bridgehead atoms. The van der Waals surface area contributed by atoms with E-state index in [0.717, 1.165) is 31.7 Å². The summed E-state index contributed by atoms with van der Waals surface area (Å²) in [6.07, 6.45) is 6.64. The predicted octanol–water partition coefficient (Wildman–Crippen LogP) is 3.39. The van der Waals surface area contributed by atoms with Crippen molar-refractivity contribution in [2.24, 2.45) is 0 Å². The molecule has 1 saturated carbocycles. The summed E-state index contributed by atoms with van der Waals surface area (Å²) in [6.45, 7) is 0.313. The molecule has 1 aromatic carbocycles. The highest BCUT2D eigenvalue weighted by Gasteiger charge is 2.42. The highest BCUT2D eigenvalue weighted by atomic mass is 19.1. The van der Waals surface area contributed by atoms with Crippen molar-refractivity contribution in [2.75, 3.05) is 6.61 Å². The van der Waals surface area contributed by atoms with E-state index in [4.69, 9.17) is 14.6 Å². The van der Waals surface area contributed by atoms with Crippen molar-refractivity contribution in [3.05, 3.63) is 29.6 Å². The molecule has 0 radical (unpaired) electrons. The normalized spacial score (nSPS) is 23.6. The predicted molar refractivity (Wildman–Crippen MR) is 74.2 cm³/mol. The summed E-state index contributed by atoms with van der Waals surface area (Å²) in [5.74, 6) is -1.58. The molecule has 1 atom stereocenters. The van der Waals surface area contributed by atoms with Gasteiger partial charge in [0.25, 0.3) is 0 Å². The number of carboxylic acids is 1. The molecule has 0 amide bonds. The average Bonchev–Trinajstić information content (AvgIpc) is 3.08. The van der Waals surface area contributed by atoms with Crippen molar-refractivity contribution in [3.63, 3.8) is 0 Å². The minimum Gasteiger partial charge on any atom is -0.490 e. The summed E-state index contributed by atoms with van der Waals surface area (Å²) in [5.41, 5.74) is -0.115. The fourth-order valence-corrected chi connectivity index (χ4v) is 3.38. The van der Waals surface area contributed by atoms with Gasteiger partial charge in [0.05, 0.1) is 11.7 Å². The van der Waals surface area contributed by atoms with E-state index < -0.39 is 11.8 Å². The van der Waals surface area contributed by atoms with E-state index in [0.29, 0.717) is 6.61 Å². The number of carboxylic acid groups (broad SMARTS) is 1. The van der Waals surface area contributed by atoms with E-state index in [1.54, 1.807) is 0 Å². The first kappa shape index (κ1) is 14.3. The first-order valence-electron chi connectivity index (χ1n) is 7.41. The van der Waals surface area contributed by atoms with Gasteiger partial charge in [-0.2, -0.15) is 0 Å². The Labute approximate surface area is 122 Å². The lowest BCUT2D eigenvalue weighted by Gasteiger charge is -2.23. The van der Waals surface area contributed by atoms with Crippen LogP contribution in [0.3, 0.4) is 0 Å². The van der Waals surface area contributed by atoms with Gasteiger partial charge in [-0.25, -0.2) is 9.18 Å². The van der Waals surface area contributed by atoms with Crippen LogP contribution in [0.2, 0.25) is 0 Å². The molecule has 114 valence electrons. The van der Waals surface area contributed by atoms with E-state index in [9.17, 15) is 9.18 Å². The standard InChI is InChI=1S/C16H19FO4/c17-11-3-4-14(13(9-11)15(18)19)20-10-12-5-8-16(21-12)6-1-2-7-16/h3-4,9,12H,1-2,5-8,10H2,(H,18,19). The molecule has 1 N–H and O–H groups in total. The van der Waals surface area contributed by atoms with Gasteiger partial charge >= 0.3 is 5.97 Å². The van der Waals surface area contributed by atoms with E-state index >= 15 is 0 Å². The number of benzene rings is 1. The van der Waals surface area contributed by atoms with Crippen LogP contribution in [-0.2, 0) is 4.74 Å². The second-order valence-electron chi connectivity index (χ2n) is 5.93. The van der Waals surface area contributed by atoms with E-state index in [-0.39, 0.29) is 23.0 Å². The number of ether oxygens (including phenoxy) is 2. The Morgan fingerprint density at radius 1 is 1.38 bits per heavy atom. The maximum Gasteiger partial charge on any atom is 0.339 e. The van der Waals surface area contributed by atoms with E-state index in [1.807, 2.05) is 0 Å². The van der Waals surface area contributed by atoms with Gasteiger partial charge in [-0.3, -0.25) is 0 Å². The first-order valence-corrected chi connectivity index (χ1v) is 7.41. The SMILES string of the molecule is O=C(O)c1cc(F)ccc1OCC1CCC2(CCCC2)O1. The Bertz CT molecular complexity index is 537. The van der Waals surface area contributed by atoms with Crippen LogP contribution in [0.4, 0.5) is 4.39 Å². The number of hydrogen-bond donors (Lipinski definition) is 1. The maximum atomic E-state index is 13.1. The zero-order valence-corrected chi connectivity index (χ0v) is 11.8. The Morgan fingerprint density at radius 2 is 2.14 bits per heavy atom. The lowest BCUT2D eigenvalue weighted by atomic mass is 9.98. The maximum absolute atomic E-state index is 13.1. The third-order valence-electron chi connectivity index (χ3n) is 4.45. The van der Waals surface area contributed by atoms with Gasteiger partial charge in [-0.1, -0.05) is 12.8 Å². The van der Waals surface area contributed by atoms with Crippen molar-refractivity contribution >= 4 is 5.97 Å². The number of rotatable bonds is 4. The van der Waals surface area contributed by atoms with Gasteiger partial charge < -0.3 is 14.6 Å². The number of halogens is 1. The van der Waals surface area contributed by atoms with E-state index in [1.165, 1.54) is 25.0 Å². The summed E-state index contributed by atoms with van der Waals surface area (Å²) < 4.78 is 24.8. The van der Waals surface area contributed by atoms with Crippen LogP contribution < -0.4 is 4.74 Å². The molecule has 1 heterocycles. The van der Waals surface area contributed by atoms with Crippen molar-refractivity contribution in [1.82, 2.24) is 0 Å². The Morgan fingerprint density at radius 3 is 2.86 bits per heavy atom. The quantitative estimate of drug-likeness (QED) is 0.924. The molecule has 21 heavy (non-hydrogen) atoms. The monoisotopic (exact) mass is 294 g/mol. The molecule has 2 aliphatic rings. The Hall–Kier alpha value is -1.62. The topological polar surface area (TPSA) is 55.8 Å². The van der Waals surface area contributed by atoms with Crippen molar-refractivity contribution in [1.29, 1.82) is 0 Å². The minimum atomic E-state index is -1.19. The molecule has 2 fully saturated rings. The molecule has 1 unspecified atom stereocenters. The van der Waals surface area contributed by atoms with Crippen LogP contribution in [0.25, 0.3) is 0 Å². The van der Waals surface area contributed by atoms with Gasteiger partial charge in [0, 0.05) is 0 Å². The largest absolute Gasteiger partial charge is 0.490 e. The molecule has 1 aliphatic carbocycles. The highest BCUT2D eigenvalue weighted by molar-refractivity contribution is 5.90. The fourth-order valence-electron chi connectivity index (χ4n) is 3.38. The summed E-state index contributed by atoms with van der Waals surface area (Å²) in [5, 5.41) is 9.07. The summed E-state index contributed by atoms with van der Waals surface area (Å²) in [6, 6.07) is 3.54. The second kappa shape index (κ2) is 5.64. The molecular weight excluding hydrogens is 275 g/mol. The highest BCUT2D eigenvalue weighted by Crippen LogP contribution is 2.43. The smallest absolute Gasteiger partial charge is 0.339 e. The number of hydrogen-bond acceptors (Lipinski definition) is 3.